The third-order valence-electron chi connectivity index (χ3n) is 3.37. The maximum absolute atomic E-state index is 3.56. The summed E-state index contributed by atoms with van der Waals surface area (Å²) in [5.74, 6) is 0.810. The van der Waals surface area contributed by atoms with Gasteiger partial charge in [-0.3, -0.25) is 0 Å². The minimum atomic E-state index is 0.255. The van der Waals surface area contributed by atoms with Crippen molar-refractivity contribution >= 4 is 0 Å². The van der Waals surface area contributed by atoms with Crippen molar-refractivity contribution in [3.05, 3.63) is 0 Å². The molecule has 1 nitrogen and oxygen atoms in total. The van der Waals surface area contributed by atoms with Gasteiger partial charge >= 0.3 is 0 Å². The summed E-state index contributed by atoms with van der Waals surface area (Å²) in [6, 6.07) is 0. The zero-order chi connectivity index (χ0) is 11.4. The molecule has 0 bridgehead atoms. The molecule has 86 valence electrons. The molecule has 0 aliphatic heterocycles. The highest BCUT2D eigenvalue weighted by atomic mass is 14.9. The molecular weight excluding hydrogens is 170 g/mol. The maximum atomic E-state index is 3.56. The summed E-state index contributed by atoms with van der Waals surface area (Å²) in [6.07, 6.45) is 2.54. The van der Waals surface area contributed by atoms with E-state index in [0.29, 0.717) is 5.41 Å². The van der Waals surface area contributed by atoms with E-state index >= 15 is 0 Å². The second-order valence-electron chi connectivity index (χ2n) is 6.22. The molecule has 14 heavy (non-hydrogen) atoms. The van der Waals surface area contributed by atoms with Crippen LogP contribution in [0, 0.1) is 11.3 Å². The highest BCUT2D eigenvalue weighted by Crippen LogP contribution is 2.32. The lowest BCUT2D eigenvalue weighted by Crippen LogP contribution is -2.38. The Labute approximate surface area is 90.7 Å². The van der Waals surface area contributed by atoms with Crippen LogP contribution in [0.15, 0.2) is 0 Å². The van der Waals surface area contributed by atoms with Gasteiger partial charge in [0.05, 0.1) is 0 Å². The molecule has 0 aliphatic rings. The zero-order valence-electron chi connectivity index (χ0n) is 11.2. The molecule has 1 unspecified atom stereocenters. The topological polar surface area (TPSA) is 12.0 Å². The summed E-state index contributed by atoms with van der Waals surface area (Å²) in [5, 5.41) is 3.56. The van der Waals surface area contributed by atoms with Crippen LogP contribution >= 0.6 is 0 Å². The lowest BCUT2D eigenvalue weighted by molar-refractivity contribution is 0.198. The average molecular weight is 199 g/mol. The molecule has 0 saturated heterocycles. The van der Waals surface area contributed by atoms with Crippen LogP contribution in [-0.4, -0.2) is 12.1 Å². The largest absolute Gasteiger partial charge is 0.312 e. The Morgan fingerprint density at radius 1 is 1.07 bits per heavy atom. The first kappa shape index (κ1) is 14.0. The normalized spacial score (nSPS) is 15.6. The van der Waals surface area contributed by atoms with Gasteiger partial charge in [0, 0.05) is 5.54 Å². The van der Waals surface area contributed by atoms with Crippen molar-refractivity contribution in [2.45, 2.75) is 66.8 Å². The number of hydrogen-bond acceptors (Lipinski definition) is 1. The fraction of sp³-hybridized carbons (Fsp3) is 1.00. The molecule has 1 N–H and O–H groups in total. The van der Waals surface area contributed by atoms with Crippen LogP contribution in [-0.2, 0) is 0 Å². The standard InChI is InChI=1S/C13H29N/c1-8-11(2)13(6,7)9-10-14-12(3,4)5/h11,14H,8-10H2,1-7H3. The summed E-state index contributed by atoms with van der Waals surface area (Å²) in [5.41, 5.74) is 0.721. The highest BCUT2D eigenvalue weighted by Gasteiger charge is 2.24. The summed E-state index contributed by atoms with van der Waals surface area (Å²) in [7, 11) is 0. The second-order valence-corrected chi connectivity index (χ2v) is 6.22. The van der Waals surface area contributed by atoms with E-state index in [1.54, 1.807) is 0 Å². The molecule has 0 heterocycles. The smallest absolute Gasteiger partial charge is 0.00965 e. The van der Waals surface area contributed by atoms with Crippen molar-refractivity contribution < 1.29 is 0 Å². The molecule has 1 atom stereocenters. The van der Waals surface area contributed by atoms with E-state index in [9.17, 15) is 0 Å². The Balaban J connectivity index is 3.88. The molecular formula is C13H29N. The summed E-state index contributed by atoms with van der Waals surface area (Å²) in [6.45, 7) is 17.2. The predicted molar refractivity (Wildman–Crippen MR) is 65.6 cm³/mol. The van der Waals surface area contributed by atoms with Crippen LogP contribution in [0.4, 0.5) is 0 Å². The van der Waals surface area contributed by atoms with Gasteiger partial charge in [0.25, 0.3) is 0 Å². The van der Waals surface area contributed by atoms with E-state index in [1.165, 1.54) is 12.8 Å². The molecule has 1 heteroatoms. The lowest BCUT2D eigenvalue weighted by atomic mass is 9.76. The van der Waals surface area contributed by atoms with E-state index in [4.69, 9.17) is 0 Å². The Bertz CT molecular complexity index is 153. The van der Waals surface area contributed by atoms with Crippen LogP contribution in [0.5, 0.6) is 0 Å². The van der Waals surface area contributed by atoms with Gasteiger partial charge < -0.3 is 5.32 Å². The average Bonchev–Trinajstić information content (AvgIpc) is 2.00. The van der Waals surface area contributed by atoms with Crippen LogP contribution in [0.25, 0.3) is 0 Å². The van der Waals surface area contributed by atoms with Gasteiger partial charge in [0.15, 0.2) is 0 Å². The first-order chi connectivity index (χ1) is 6.19. The lowest BCUT2D eigenvalue weighted by Gasteiger charge is -2.33. The number of nitrogens with one attached hydrogen (secondary N) is 1. The van der Waals surface area contributed by atoms with Crippen LogP contribution in [0.1, 0.15) is 61.3 Å². The van der Waals surface area contributed by atoms with Crippen molar-refractivity contribution in [3.8, 4) is 0 Å². The molecule has 0 aromatic carbocycles. The predicted octanol–water partition coefficient (Wildman–Crippen LogP) is 3.84. The van der Waals surface area contributed by atoms with Gasteiger partial charge in [-0.2, -0.15) is 0 Å². The molecule has 0 aliphatic carbocycles. The Hall–Kier alpha value is -0.0400. The maximum Gasteiger partial charge on any atom is 0.00965 e. The van der Waals surface area contributed by atoms with E-state index in [1.807, 2.05) is 0 Å². The molecule has 0 aromatic heterocycles. The van der Waals surface area contributed by atoms with Crippen molar-refractivity contribution in [2.24, 2.45) is 11.3 Å². The first-order valence-corrected chi connectivity index (χ1v) is 5.94. The summed E-state index contributed by atoms with van der Waals surface area (Å²) >= 11 is 0. The first-order valence-electron chi connectivity index (χ1n) is 5.94. The zero-order valence-corrected chi connectivity index (χ0v) is 11.2. The fourth-order valence-electron chi connectivity index (χ4n) is 1.56. The van der Waals surface area contributed by atoms with Crippen LogP contribution in [0.3, 0.4) is 0 Å². The molecule has 0 saturated carbocycles. The fourth-order valence-corrected chi connectivity index (χ4v) is 1.56. The Morgan fingerprint density at radius 3 is 1.93 bits per heavy atom. The van der Waals surface area contributed by atoms with Gasteiger partial charge in [-0.15, -0.1) is 0 Å². The monoisotopic (exact) mass is 199 g/mol. The van der Waals surface area contributed by atoms with Gasteiger partial charge in [-0.1, -0.05) is 34.1 Å². The summed E-state index contributed by atoms with van der Waals surface area (Å²) in [4.78, 5) is 0. The summed E-state index contributed by atoms with van der Waals surface area (Å²) < 4.78 is 0. The Kier molecular flexibility index (Phi) is 5.14. The highest BCUT2D eigenvalue weighted by molar-refractivity contribution is 4.78. The number of rotatable bonds is 5. The van der Waals surface area contributed by atoms with Gasteiger partial charge in [0.1, 0.15) is 0 Å². The van der Waals surface area contributed by atoms with Crippen molar-refractivity contribution in [2.75, 3.05) is 6.54 Å². The van der Waals surface area contributed by atoms with Crippen LogP contribution in [0.2, 0.25) is 0 Å². The number of hydrogen-bond donors (Lipinski definition) is 1. The van der Waals surface area contributed by atoms with Gasteiger partial charge in [-0.05, 0) is 45.1 Å². The quantitative estimate of drug-likeness (QED) is 0.709. The molecule has 0 rings (SSSR count). The molecule has 0 spiro atoms. The molecule has 0 amide bonds. The van der Waals surface area contributed by atoms with Crippen molar-refractivity contribution in [3.63, 3.8) is 0 Å². The minimum absolute atomic E-state index is 0.255. The van der Waals surface area contributed by atoms with E-state index in [-0.39, 0.29) is 5.54 Å². The molecule has 0 aromatic rings. The van der Waals surface area contributed by atoms with E-state index < -0.39 is 0 Å². The van der Waals surface area contributed by atoms with E-state index in [2.05, 4.69) is 53.8 Å². The van der Waals surface area contributed by atoms with Crippen molar-refractivity contribution in [1.82, 2.24) is 5.32 Å². The third kappa shape index (κ3) is 5.64. The van der Waals surface area contributed by atoms with Gasteiger partial charge in [0.2, 0.25) is 0 Å². The second kappa shape index (κ2) is 5.16. The van der Waals surface area contributed by atoms with Crippen LogP contribution < -0.4 is 5.32 Å². The Morgan fingerprint density at radius 2 is 1.57 bits per heavy atom. The van der Waals surface area contributed by atoms with Crippen molar-refractivity contribution in [1.29, 1.82) is 0 Å². The van der Waals surface area contributed by atoms with Gasteiger partial charge in [-0.25, -0.2) is 0 Å². The molecule has 0 fully saturated rings. The third-order valence-corrected chi connectivity index (χ3v) is 3.37. The minimum Gasteiger partial charge on any atom is -0.312 e. The SMILES string of the molecule is CCC(C)C(C)(C)CCNC(C)(C)C. The molecule has 0 radical (unpaired) electrons. The van der Waals surface area contributed by atoms with E-state index in [0.717, 1.165) is 12.5 Å².